The number of aromatic nitrogens is 7. The van der Waals surface area contributed by atoms with Crippen molar-refractivity contribution in [2.24, 2.45) is 5.92 Å². The summed E-state index contributed by atoms with van der Waals surface area (Å²) in [6.07, 6.45) is 9.96. The van der Waals surface area contributed by atoms with E-state index in [4.69, 9.17) is 15.2 Å². The molecular formula is C29H35N7O2. The van der Waals surface area contributed by atoms with Gasteiger partial charge in [-0.15, -0.1) is 5.10 Å². The van der Waals surface area contributed by atoms with Gasteiger partial charge in [0.25, 0.3) is 0 Å². The number of tetrazole rings is 1. The van der Waals surface area contributed by atoms with Crippen molar-refractivity contribution in [2.75, 3.05) is 0 Å². The highest BCUT2D eigenvalue weighted by Crippen LogP contribution is 2.37. The average Bonchev–Trinajstić information content (AvgIpc) is 3.62. The maximum absolute atomic E-state index is 11.0. The molecule has 2 aromatic heterocycles. The predicted molar refractivity (Wildman–Crippen MR) is 144 cm³/mol. The Morgan fingerprint density at radius 1 is 1.05 bits per heavy atom. The van der Waals surface area contributed by atoms with E-state index >= 15 is 0 Å². The first kappa shape index (κ1) is 25.8. The third kappa shape index (κ3) is 6.15. The molecule has 198 valence electrons. The molecule has 0 saturated heterocycles. The topological polar surface area (TPSA) is 112 Å². The van der Waals surface area contributed by atoms with Gasteiger partial charge < -0.3 is 5.11 Å². The minimum Gasteiger partial charge on any atom is -0.481 e. The number of carboxylic acids is 1. The van der Waals surface area contributed by atoms with E-state index in [0.29, 0.717) is 18.4 Å². The summed E-state index contributed by atoms with van der Waals surface area (Å²) in [5.74, 6) is 2.20. The Kier molecular flexibility index (Phi) is 8.21. The van der Waals surface area contributed by atoms with Gasteiger partial charge >= 0.3 is 5.97 Å². The molecule has 2 aromatic carbocycles. The standard InChI is InChI=1S/C29H35N7O2/c1-2-3-8-27-31-29(24-16-9-21(10-17-24)13-18-28(37)38)35(32-27)19-22-11-14-23(15-12-22)25-6-4-5-7-26(25)36-20-30-33-34-36/h4-7,11-12,14-15,20-21,24H,2-3,8-10,13,16-19H2,1H3,(H,37,38). The largest absolute Gasteiger partial charge is 0.481 e. The highest BCUT2D eigenvalue weighted by molar-refractivity contribution is 5.72. The van der Waals surface area contributed by atoms with Crippen molar-refractivity contribution in [1.82, 2.24) is 35.0 Å². The quantitative estimate of drug-likeness (QED) is 0.284. The van der Waals surface area contributed by atoms with Gasteiger partial charge in [0, 0.05) is 24.3 Å². The molecule has 5 rings (SSSR count). The lowest BCUT2D eigenvalue weighted by molar-refractivity contribution is -0.137. The van der Waals surface area contributed by atoms with Gasteiger partial charge in [-0.05, 0) is 72.1 Å². The zero-order chi connectivity index (χ0) is 26.3. The molecule has 1 N–H and O–H groups in total. The number of hydrogen-bond acceptors (Lipinski definition) is 6. The molecule has 2 heterocycles. The Morgan fingerprint density at radius 3 is 2.55 bits per heavy atom. The fraction of sp³-hybridized carbons (Fsp3) is 0.448. The van der Waals surface area contributed by atoms with E-state index < -0.39 is 5.97 Å². The molecule has 0 unspecified atom stereocenters. The van der Waals surface area contributed by atoms with Crippen molar-refractivity contribution in [2.45, 2.75) is 77.2 Å². The monoisotopic (exact) mass is 513 g/mol. The number of hydrogen-bond donors (Lipinski definition) is 1. The zero-order valence-electron chi connectivity index (χ0n) is 21.9. The summed E-state index contributed by atoms with van der Waals surface area (Å²) in [6, 6.07) is 16.7. The molecule has 1 saturated carbocycles. The van der Waals surface area contributed by atoms with Crippen LogP contribution >= 0.6 is 0 Å². The number of nitrogens with zero attached hydrogens (tertiary/aromatic N) is 7. The molecule has 1 aliphatic carbocycles. The number of aliphatic carboxylic acids is 1. The summed E-state index contributed by atoms with van der Waals surface area (Å²) in [5, 5.41) is 25.6. The van der Waals surface area contributed by atoms with E-state index in [0.717, 1.165) is 79.8 Å². The van der Waals surface area contributed by atoms with Crippen LogP contribution in [0, 0.1) is 5.92 Å². The normalized spacial score (nSPS) is 17.5. The first-order valence-electron chi connectivity index (χ1n) is 13.7. The second kappa shape index (κ2) is 12.1. The third-order valence-corrected chi connectivity index (χ3v) is 7.57. The fourth-order valence-corrected chi connectivity index (χ4v) is 5.45. The molecule has 0 aliphatic heterocycles. The van der Waals surface area contributed by atoms with E-state index in [1.807, 2.05) is 18.2 Å². The Labute approximate surface area is 222 Å². The van der Waals surface area contributed by atoms with Gasteiger partial charge in [0.05, 0.1) is 12.2 Å². The fourth-order valence-electron chi connectivity index (χ4n) is 5.45. The minimum absolute atomic E-state index is 0.267. The number of rotatable bonds is 11. The summed E-state index contributed by atoms with van der Waals surface area (Å²) in [4.78, 5) is 16.0. The summed E-state index contributed by atoms with van der Waals surface area (Å²) in [7, 11) is 0. The molecule has 0 spiro atoms. The molecule has 4 aromatic rings. The second-order valence-corrected chi connectivity index (χ2v) is 10.3. The van der Waals surface area contributed by atoms with Crippen LogP contribution in [-0.2, 0) is 17.8 Å². The van der Waals surface area contributed by atoms with E-state index in [9.17, 15) is 4.79 Å². The number of carboxylic acid groups (broad SMARTS) is 1. The van der Waals surface area contributed by atoms with Crippen LogP contribution in [0.1, 0.15) is 81.4 Å². The molecule has 0 amide bonds. The van der Waals surface area contributed by atoms with Crippen molar-refractivity contribution in [1.29, 1.82) is 0 Å². The number of unbranched alkanes of at least 4 members (excludes halogenated alkanes) is 1. The third-order valence-electron chi connectivity index (χ3n) is 7.57. The van der Waals surface area contributed by atoms with Crippen LogP contribution < -0.4 is 0 Å². The predicted octanol–water partition coefficient (Wildman–Crippen LogP) is 5.45. The van der Waals surface area contributed by atoms with Crippen LogP contribution in [0.3, 0.4) is 0 Å². The molecular weight excluding hydrogens is 478 g/mol. The van der Waals surface area contributed by atoms with Gasteiger partial charge in [-0.25, -0.2) is 9.67 Å². The van der Waals surface area contributed by atoms with E-state index in [-0.39, 0.29) is 6.42 Å². The Bertz CT molecular complexity index is 1320. The van der Waals surface area contributed by atoms with Crippen LogP contribution in [0.4, 0.5) is 0 Å². The Balaban J connectivity index is 1.32. The van der Waals surface area contributed by atoms with Gasteiger partial charge in [0.2, 0.25) is 0 Å². The van der Waals surface area contributed by atoms with E-state index in [2.05, 4.69) is 57.5 Å². The summed E-state index contributed by atoms with van der Waals surface area (Å²) >= 11 is 0. The van der Waals surface area contributed by atoms with Gasteiger partial charge in [-0.1, -0.05) is 55.8 Å². The summed E-state index contributed by atoms with van der Waals surface area (Å²) in [5.41, 5.74) is 4.27. The van der Waals surface area contributed by atoms with E-state index in [1.165, 1.54) is 5.56 Å². The van der Waals surface area contributed by atoms with Crippen LogP contribution in [0.5, 0.6) is 0 Å². The summed E-state index contributed by atoms with van der Waals surface area (Å²) in [6.45, 7) is 2.87. The molecule has 0 radical (unpaired) electrons. The maximum atomic E-state index is 11.0. The Hall–Kier alpha value is -3.88. The van der Waals surface area contributed by atoms with Crippen molar-refractivity contribution in [3.8, 4) is 16.8 Å². The molecule has 0 atom stereocenters. The zero-order valence-corrected chi connectivity index (χ0v) is 21.9. The van der Waals surface area contributed by atoms with Gasteiger partial charge in [-0.3, -0.25) is 4.79 Å². The van der Waals surface area contributed by atoms with Crippen LogP contribution in [0.15, 0.2) is 54.9 Å². The molecule has 0 bridgehead atoms. The first-order valence-corrected chi connectivity index (χ1v) is 13.7. The lowest BCUT2D eigenvalue weighted by Crippen LogP contribution is -2.18. The minimum atomic E-state index is -0.697. The molecule has 1 fully saturated rings. The van der Waals surface area contributed by atoms with Gasteiger partial charge in [0.1, 0.15) is 12.2 Å². The summed E-state index contributed by atoms with van der Waals surface area (Å²) < 4.78 is 3.79. The number of aryl methyl sites for hydroxylation is 1. The van der Waals surface area contributed by atoms with Crippen molar-refractivity contribution in [3.63, 3.8) is 0 Å². The van der Waals surface area contributed by atoms with Crippen LogP contribution in [0.25, 0.3) is 16.8 Å². The van der Waals surface area contributed by atoms with E-state index in [1.54, 1.807) is 11.0 Å². The van der Waals surface area contributed by atoms with Crippen LogP contribution in [0.2, 0.25) is 0 Å². The number of para-hydroxylation sites is 1. The van der Waals surface area contributed by atoms with Crippen molar-refractivity contribution in [3.05, 3.63) is 72.1 Å². The smallest absolute Gasteiger partial charge is 0.303 e. The average molecular weight is 514 g/mol. The highest BCUT2D eigenvalue weighted by atomic mass is 16.4. The molecule has 1 aliphatic rings. The lowest BCUT2D eigenvalue weighted by Gasteiger charge is -2.27. The maximum Gasteiger partial charge on any atom is 0.303 e. The molecule has 9 heteroatoms. The first-order chi connectivity index (χ1) is 18.6. The van der Waals surface area contributed by atoms with Crippen molar-refractivity contribution < 1.29 is 9.90 Å². The highest BCUT2D eigenvalue weighted by Gasteiger charge is 2.27. The van der Waals surface area contributed by atoms with Crippen LogP contribution in [-0.4, -0.2) is 46.0 Å². The van der Waals surface area contributed by atoms with Gasteiger partial charge in [0.15, 0.2) is 5.82 Å². The Morgan fingerprint density at radius 2 is 1.84 bits per heavy atom. The van der Waals surface area contributed by atoms with Crippen molar-refractivity contribution >= 4 is 5.97 Å². The lowest BCUT2D eigenvalue weighted by atomic mass is 9.79. The number of benzene rings is 2. The number of carbonyl (C=O) groups is 1. The second-order valence-electron chi connectivity index (χ2n) is 10.3. The molecule has 9 nitrogen and oxygen atoms in total. The van der Waals surface area contributed by atoms with Gasteiger partial charge in [-0.2, -0.15) is 9.78 Å². The SMILES string of the molecule is CCCCc1nc(C2CCC(CCC(=O)O)CC2)n(Cc2ccc(-c3ccccc3-n3cnnn3)cc2)n1. The molecule has 38 heavy (non-hydrogen) atoms.